The summed E-state index contributed by atoms with van der Waals surface area (Å²) >= 11 is 0. The standard InChI is InChI=1S/C6H14F2N2/c1-2-9-3-4-10-5-6(7)8/h6,9-10H,2-5H2,1H3. The Hall–Kier alpha value is -0.220. The third-order valence-electron chi connectivity index (χ3n) is 1.03. The topological polar surface area (TPSA) is 24.1 Å². The summed E-state index contributed by atoms with van der Waals surface area (Å²) in [6.45, 7) is 4.02. The molecule has 0 radical (unpaired) electrons. The van der Waals surface area contributed by atoms with Crippen molar-refractivity contribution in [2.75, 3.05) is 26.2 Å². The molecular formula is C6H14F2N2. The minimum atomic E-state index is -2.23. The van der Waals surface area contributed by atoms with Gasteiger partial charge in [-0.1, -0.05) is 6.92 Å². The lowest BCUT2D eigenvalue weighted by Gasteiger charge is -2.02. The van der Waals surface area contributed by atoms with Crippen molar-refractivity contribution in [3.8, 4) is 0 Å². The summed E-state index contributed by atoms with van der Waals surface area (Å²) in [6.07, 6.45) is -2.23. The van der Waals surface area contributed by atoms with E-state index in [2.05, 4.69) is 10.6 Å². The molecule has 0 rings (SSSR count). The third kappa shape index (κ3) is 7.78. The van der Waals surface area contributed by atoms with Crippen LogP contribution in [0.3, 0.4) is 0 Å². The number of halogens is 2. The van der Waals surface area contributed by atoms with Crippen LogP contribution in [-0.2, 0) is 0 Å². The molecule has 0 amide bonds. The van der Waals surface area contributed by atoms with E-state index in [1.54, 1.807) is 0 Å². The predicted octanol–water partition coefficient (Wildman–Crippen LogP) is 0.451. The number of likely N-dealkylation sites (N-methyl/N-ethyl adjacent to an activating group) is 1. The average molecular weight is 152 g/mol. The third-order valence-corrected chi connectivity index (χ3v) is 1.03. The van der Waals surface area contributed by atoms with E-state index in [4.69, 9.17) is 0 Å². The second-order valence-corrected chi connectivity index (χ2v) is 1.95. The van der Waals surface area contributed by atoms with E-state index < -0.39 is 6.43 Å². The Morgan fingerprint density at radius 1 is 1.20 bits per heavy atom. The van der Waals surface area contributed by atoms with Gasteiger partial charge in [-0.3, -0.25) is 0 Å². The van der Waals surface area contributed by atoms with Crippen LogP contribution in [0, 0.1) is 0 Å². The van der Waals surface area contributed by atoms with Crippen LogP contribution in [0.15, 0.2) is 0 Å². The SMILES string of the molecule is CCNCCNCC(F)F. The molecule has 0 saturated heterocycles. The zero-order valence-electron chi connectivity index (χ0n) is 6.16. The van der Waals surface area contributed by atoms with Crippen molar-refractivity contribution < 1.29 is 8.78 Å². The normalized spacial score (nSPS) is 10.8. The molecule has 0 spiro atoms. The fourth-order valence-electron chi connectivity index (χ4n) is 0.565. The highest BCUT2D eigenvalue weighted by Gasteiger charge is 1.98. The molecule has 0 fully saturated rings. The van der Waals surface area contributed by atoms with Gasteiger partial charge < -0.3 is 10.6 Å². The van der Waals surface area contributed by atoms with Gasteiger partial charge in [-0.05, 0) is 6.54 Å². The molecule has 10 heavy (non-hydrogen) atoms. The first-order chi connectivity index (χ1) is 4.77. The fraction of sp³-hybridized carbons (Fsp3) is 1.00. The zero-order chi connectivity index (χ0) is 7.82. The van der Waals surface area contributed by atoms with Crippen molar-refractivity contribution >= 4 is 0 Å². The van der Waals surface area contributed by atoms with E-state index in [9.17, 15) is 8.78 Å². The van der Waals surface area contributed by atoms with Gasteiger partial charge >= 0.3 is 0 Å². The van der Waals surface area contributed by atoms with Crippen LogP contribution >= 0.6 is 0 Å². The Morgan fingerprint density at radius 3 is 2.30 bits per heavy atom. The summed E-state index contributed by atoms with van der Waals surface area (Å²) in [5, 5.41) is 5.62. The smallest absolute Gasteiger partial charge is 0.250 e. The summed E-state index contributed by atoms with van der Waals surface area (Å²) in [4.78, 5) is 0. The van der Waals surface area contributed by atoms with Gasteiger partial charge in [0.1, 0.15) is 0 Å². The Bertz CT molecular complexity index is 68.8. The molecule has 0 heterocycles. The molecule has 2 N–H and O–H groups in total. The number of nitrogens with one attached hydrogen (secondary N) is 2. The summed E-state index contributed by atoms with van der Waals surface area (Å²) in [6, 6.07) is 0. The van der Waals surface area contributed by atoms with Gasteiger partial charge in [0.2, 0.25) is 0 Å². The first-order valence-corrected chi connectivity index (χ1v) is 3.47. The Kier molecular flexibility index (Phi) is 6.74. The molecule has 0 aliphatic rings. The first-order valence-electron chi connectivity index (χ1n) is 3.47. The maximum Gasteiger partial charge on any atom is 0.250 e. The highest BCUT2D eigenvalue weighted by atomic mass is 19.3. The molecule has 2 nitrogen and oxygen atoms in total. The quantitative estimate of drug-likeness (QED) is 0.540. The molecule has 0 atom stereocenters. The number of hydrogen-bond acceptors (Lipinski definition) is 2. The molecule has 0 aromatic carbocycles. The monoisotopic (exact) mass is 152 g/mol. The first kappa shape index (κ1) is 9.78. The molecule has 62 valence electrons. The Balaban J connectivity index is 2.77. The summed E-state index contributed by atoms with van der Waals surface area (Å²) < 4.78 is 22.9. The molecule has 0 aromatic rings. The van der Waals surface area contributed by atoms with Gasteiger partial charge in [0, 0.05) is 13.1 Å². The van der Waals surface area contributed by atoms with Crippen molar-refractivity contribution in [3.63, 3.8) is 0 Å². The number of hydrogen-bond donors (Lipinski definition) is 2. The van der Waals surface area contributed by atoms with Gasteiger partial charge in [0.15, 0.2) is 0 Å². The van der Waals surface area contributed by atoms with Crippen LogP contribution < -0.4 is 10.6 Å². The van der Waals surface area contributed by atoms with E-state index in [0.29, 0.717) is 6.54 Å². The van der Waals surface area contributed by atoms with Crippen molar-refractivity contribution in [3.05, 3.63) is 0 Å². The van der Waals surface area contributed by atoms with Gasteiger partial charge in [0.05, 0.1) is 6.54 Å². The summed E-state index contributed by atoms with van der Waals surface area (Å²) in [7, 11) is 0. The predicted molar refractivity (Wildman–Crippen MR) is 37.4 cm³/mol. The van der Waals surface area contributed by atoms with Crippen LogP contribution in [0.2, 0.25) is 0 Å². The maximum atomic E-state index is 11.5. The minimum Gasteiger partial charge on any atom is -0.316 e. The molecule has 0 aliphatic carbocycles. The molecule has 0 aliphatic heterocycles. The molecule has 0 saturated carbocycles. The van der Waals surface area contributed by atoms with Crippen LogP contribution in [0.25, 0.3) is 0 Å². The molecule has 0 unspecified atom stereocenters. The van der Waals surface area contributed by atoms with Crippen molar-refractivity contribution in [1.29, 1.82) is 0 Å². The number of alkyl halides is 2. The zero-order valence-corrected chi connectivity index (χ0v) is 6.16. The van der Waals surface area contributed by atoms with Gasteiger partial charge in [0.25, 0.3) is 6.43 Å². The van der Waals surface area contributed by atoms with Gasteiger partial charge in [-0.15, -0.1) is 0 Å². The molecule has 0 aromatic heterocycles. The van der Waals surface area contributed by atoms with E-state index in [0.717, 1.165) is 13.1 Å². The summed E-state index contributed by atoms with van der Waals surface area (Å²) in [5.41, 5.74) is 0. The second-order valence-electron chi connectivity index (χ2n) is 1.95. The second kappa shape index (κ2) is 6.89. The lowest BCUT2D eigenvalue weighted by atomic mass is 10.5. The van der Waals surface area contributed by atoms with Crippen LogP contribution in [0.4, 0.5) is 8.78 Å². The lowest BCUT2D eigenvalue weighted by molar-refractivity contribution is 0.146. The van der Waals surface area contributed by atoms with E-state index in [1.807, 2.05) is 6.92 Å². The molecule has 0 bridgehead atoms. The summed E-state index contributed by atoms with van der Waals surface area (Å²) in [5.74, 6) is 0. The lowest BCUT2D eigenvalue weighted by Crippen LogP contribution is -2.30. The van der Waals surface area contributed by atoms with Crippen LogP contribution in [0.5, 0.6) is 0 Å². The number of rotatable bonds is 6. The van der Waals surface area contributed by atoms with Crippen molar-refractivity contribution in [2.45, 2.75) is 13.3 Å². The van der Waals surface area contributed by atoms with Crippen molar-refractivity contribution in [2.24, 2.45) is 0 Å². The van der Waals surface area contributed by atoms with Crippen LogP contribution in [0.1, 0.15) is 6.92 Å². The fourth-order valence-corrected chi connectivity index (χ4v) is 0.565. The minimum absolute atomic E-state index is 0.203. The average Bonchev–Trinajstić information content (AvgIpc) is 1.87. The van der Waals surface area contributed by atoms with E-state index in [1.165, 1.54) is 0 Å². The van der Waals surface area contributed by atoms with Crippen molar-refractivity contribution in [1.82, 2.24) is 10.6 Å². The largest absolute Gasteiger partial charge is 0.316 e. The highest BCUT2D eigenvalue weighted by molar-refractivity contribution is 4.50. The Labute approximate surface area is 60.0 Å². The van der Waals surface area contributed by atoms with E-state index >= 15 is 0 Å². The van der Waals surface area contributed by atoms with Gasteiger partial charge in [-0.2, -0.15) is 0 Å². The molecule has 4 heteroatoms. The Morgan fingerprint density at radius 2 is 1.80 bits per heavy atom. The molecular weight excluding hydrogens is 138 g/mol. The van der Waals surface area contributed by atoms with Crippen LogP contribution in [-0.4, -0.2) is 32.6 Å². The maximum absolute atomic E-state index is 11.5. The van der Waals surface area contributed by atoms with Gasteiger partial charge in [-0.25, -0.2) is 8.78 Å². The van der Waals surface area contributed by atoms with E-state index in [-0.39, 0.29) is 6.54 Å². The highest BCUT2D eigenvalue weighted by Crippen LogP contribution is 1.86.